The van der Waals surface area contributed by atoms with Crippen LogP contribution in [0.1, 0.15) is 73.1 Å². The molecule has 0 bridgehead atoms. The lowest BCUT2D eigenvalue weighted by Crippen LogP contribution is -2.19. The molecule has 0 spiro atoms. The number of aryl methyl sites for hydroxylation is 2. The van der Waals surface area contributed by atoms with Crippen LogP contribution in [0.4, 0.5) is 5.69 Å². The Hall–Kier alpha value is -5.04. The predicted octanol–water partition coefficient (Wildman–Crippen LogP) is 9.15. The van der Waals surface area contributed by atoms with E-state index in [9.17, 15) is 9.59 Å². The van der Waals surface area contributed by atoms with E-state index in [1.807, 2.05) is 85.2 Å². The third kappa shape index (κ3) is 6.03. The molecule has 2 heterocycles. The first-order valence-electron chi connectivity index (χ1n) is 15.9. The lowest BCUT2D eigenvalue weighted by molar-refractivity contribution is 0.0695. The van der Waals surface area contributed by atoms with Gasteiger partial charge in [0.15, 0.2) is 11.5 Å². The Balaban J connectivity index is 1.38. The molecule has 45 heavy (non-hydrogen) atoms. The molecular formula is C38H39N3O4. The Morgan fingerprint density at radius 2 is 1.13 bits per heavy atom. The van der Waals surface area contributed by atoms with E-state index >= 15 is 0 Å². The first kappa shape index (κ1) is 30.0. The maximum atomic E-state index is 14.0. The monoisotopic (exact) mass is 601 g/mol. The molecule has 0 fully saturated rings. The fourth-order valence-electron chi connectivity index (χ4n) is 6.09. The number of carbonyl (C=O) groups is 2. The number of nitrogens with zero attached hydrogens (tertiary/aromatic N) is 2. The van der Waals surface area contributed by atoms with E-state index in [0.29, 0.717) is 16.9 Å². The van der Waals surface area contributed by atoms with Gasteiger partial charge in [-0.25, -0.2) is 9.59 Å². The highest BCUT2D eigenvalue weighted by atomic mass is 16.5. The minimum Gasteiger partial charge on any atom is -0.421 e. The van der Waals surface area contributed by atoms with E-state index in [4.69, 9.17) is 15.2 Å². The quantitative estimate of drug-likeness (QED) is 0.0858. The average molecular weight is 602 g/mol. The van der Waals surface area contributed by atoms with Gasteiger partial charge < -0.3 is 24.3 Å². The van der Waals surface area contributed by atoms with Gasteiger partial charge in [0.2, 0.25) is 0 Å². The van der Waals surface area contributed by atoms with Gasteiger partial charge in [-0.3, -0.25) is 0 Å². The highest BCUT2D eigenvalue weighted by Gasteiger charge is 2.27. The van der Waals surface area contributed by atoms with Gasteiger partial charge in [0, 0.05) is 41.6 Å². The van der Waals surface area contributed by atoms with Crippen molar-refractivity contribution >= 4 is 50.2 Å². The molecule has 6 aromatic rings. The molecule has 0 amide bonds. The first-order chi connectivity index (χ1) is 22.0. The SMILES string of the molecule is CCCCCn1cc(OC(=O)c2cc3ccccc3c(N)c2C(=O)Oc2cn(CCCCC)c3ccccc23)c2ccccc21. The number of nitrogen functional groups attached to an aromatic ring is 1. The zero-order valence-corrected chi connectivity index (χ0v) is 25.9. The van der Waals surface area contributed by atoms with Crippen LogP contribution in [-0.2, 0) is 13.1 Å². The summed E-state index contributed by atoms with van der Waals surface area (Å²) in [5.41, 5.74) is 8.86. The number of hydrogen-bond acceptors (Lipinski definition) is 5. The van der Waals surface area contributed by atoms with Gasteiger partial charge in [-0.2, -0.15) is 0 Å². The number of unbranched alkanes of at least 4 members (excludes halogenated alkanes) is 4. The number of carbonyl (C=O) groups excluding carboxylic acids is 2. The summed E-state index contributed by atoms with van der Waals surface area (Å²) in [5.74, 6) is -0.510. The third-order valence-corrected chi connectivity index (χ3v) is 8.43. The number of para-hydroxylation sites is 2. The van der Waals surface area contributed by atoms with Gasteiger partial charge in [-0.05, 0) is 48.6 Å². The number of ether oxygens (including phenoxy) is 2. The molecule has 0 unspecified atom stereocenters. The van der Waals surface area contributed by atoms with Crippen molar-refractivity contribution in [2.45, 2.75) is 65.5 Å². The molecule has 7 heteroatoms. The Morgan fingerprint density at radius 1 is 0.644 bits per heavy atom. The van der Waals surface area contributed by atoms with E-state index in [1.165, 1.54) is 0 Å². The number of aromatic nitrogens is 2. The molecule has 0 saturated carbocycles. The molecule has 2 aromatic heterocycles. The average Bonchev–Trinajstić information content (AvgIpc) is 3.58. The van der Waals surface area contributed by atoms with Gasteiger partial charge in [-0.15, -0.1) is 0 Å². The van der Waals surface area contributed by atoms with Gasteiger partial charge >= 0.3 is 11.9 Å². The second kappa shape index (κ2) is 13.3. The molecule has 7 nitrogen and oxygen atoms in total. The fourth-order valence-corrected chi connectivity index (χ4v) is 6.09. The number of esters is 2. The Morgan fingerprint density at radius 3 is 1.69 bits per heavy atom. The van der Waals surface area contributed by atoms with Crippen LogP contribution in [0.3, 0.4) is 0 Å². The number of benzene rings is 4. The molecule has 0 aliphatic rings. The first-order valence-corrected chi connectivity index (χ1v) is 15.9. The number of fused-ring (bicyclic) bond motifs is 3. The van der Waals surface area contributed by atoms with Crippen molar-refractivity contribution in [2.75, 3.05) is 5.73 Å². The van der Waals surface area contributed by atoms with Crippen molar-refractivity contribution < 1.29 is 19.1 Å². The van der Waals surface area contributed by atoms with Crippen molar-refractivity contribution in [2.24, 2.45) is 0 Å². The largest absolute Gasteiger partial charge is 0.421 e. The lowest BCUT2D eigenvalue weighted by Gasteiger charge is -2.14. The fraction of sp³-hybridized carbons (Fsp3) is 0.263. The summed E-state index contributed by atoms with van der Waals surface area (Å²) in [4.78, 5) is 28.0. The van der Waals surface area contributed by atoms with Crippen LogP contribution in [0.25, 0.3) is 32.6 Å². The molecule has 0 radical (unpaired) electrons. The second-order valence-electron chi connectivity index (χ2n) is 11.5. The van der Waals surface area contributed by atoms with Crippen LogP contribution < -0.4 is 15.2 Å². The van der Waals surface area contributed by atoms with Crippen molar-refractivity contribution in [1.82, 2.24) is 9.13 Å². The standard InChI is InChI=1S/C38H39N3O4/c1-3-5-13-21-40-24-33(28-17-9-11-19-31(28)40)44-37(42)30-23-26-15-7-8-16-27(26)36(39)35(30)38(43)45-34-25-41(22-14-6-4-2)32-20-12-10-18-29(32)34/h7-12,15-20,23-25H,3-6,13-14,21-22,39H2,1-2H3. The van der Waals surface area contributed by atoms with E-state index in [1.54, 1.807) is 6.07 Å². The summed E-state index contributed by atoms with van der Waals surface area (Å²) in [5, 5.41) is 3.04. The van der Waals surface area contributed by atoms with Crippen molar-refractivity contribution in [1.29, 1.82) is 0 Å². The predicted molar refractivity (Wildman–Crippen MR) is 181 cm³/mol. The molecular weight excluding hydrogens is 562 g/mol. The summed E-state index contributed by atoms with van der Waals surface area (Å²) < 4.78 is 16.3. The lowest BCUT2D eigenvalue weighted by atomic mass is 9.98. The topological polar surface area (TPSA) is 88.5 Å². The van der Waals surface area contributed by atoms with Crippen molar-refractivity contribution in [3.05, 3.63) is 102 Å². The highest BCUT2D eigenvalue weighted by Crippen LogP contribution is 2.35. The van der Waals surface area contributed by atoms with E-state index in [0.717, 1.165) is 78.8 Å². The zero-order chi connectivity index (χ0) is 31.3. The van der Waals surface area contributed by atoms with Crippen LogP contribution in [-0.4, -0.2) is 21.1 Å². The molecule has 0 atom stereocenters. The summed E-state index contributed by atoms with van der Waals surface area (Å²) in [6, 6.07) is 24.8. The van der Waals surface area contributed by atoms with Gasteiger partial charge in [-0.1, -0.05) is 88.1 Å². The van der Waals surface area contributed by atoms with Crippen LogP contribution in [0.5, 0.6) is 11.5 Å². The molecule has 4 aromatic carbocycles. The number of rotatable bonds is 12. The molecule has 0 saturated heterocycles. The maximum Gasteiger partial charge on any atom is 0.346 e. The number of anilines is 1. The zero-order valence-electron chi connectivity index (χ0n) is 25.9. The number of nitrogens with two attached hydrogens (primary N) is 1. The summed E-state index contributed by atoms with van der Waals surface area (Å²) >= 11 is 0. The third-order valence-electron chi connectivity index (χ3n) is 8.43. The molecule has 0 aliphatic carbocycles. The van der Waals surface area contributed by atoms with Crippen molar-refractivity contribution in [3.8, 4) is 11.5 Å². The summed E-state index contributed by atoms with van der Waals surface area (Å²) in [6.45, 7) is 5.97. The smallest absolute Gasteiger partial charge is 0.346 e. The molecule has 0 aliphatic heterocycles. The Bertz CT molecular complexity index is 2000. The molecule has 2 N–H and O–H groups in total. The number of hydrogen-bond donors (Lipinski definition) is 1. The minimum absolute atomic E-state index is 0.00630. The second-order valence-corrected chi connectivity index (χ2v) is 11.5. The van der Waals surface area contributed by atoms with Crippen LogP contribution in [0.15, 0.2) is 91.3 Å². The molecule has 230 valence electrons. The van der Waals surface area contributed by atoms with E-state index in [-0.39, 0.29) is 16.8 Å². The Labute approximate surface area is 263 Å². The van der Waals surface area contributed by atoms with Crippen LogP contribution >= 0.6 is 0 Å². The minimum atomic E-state index is -0.705. The van der Waals surface area contributed by atoms with Crippen LogP contribution in [0, 0.1) is 0 Å². The van der Waals surface area contributed by atoms with Crippen LogP contribution in [0.2, 0.25) is 0 Å². The summed E-state index contributed by atoms with van der Waals surface area (Å²) in [7, 11) is 0. The normalized spacial score (nSPS) is 11.4. The highest BCUT2D eigenvalue weighted by molar-refractivity contribution is 6.15. The van der Waals surface area contributed by atoms with Gasteiger partial charge in [0.25, 0.3) is 0 Å². The Kier molecular flexibility index (Phi) is 8.87. The van der Waals surface area contributed by atoms with Gasteiger partial charge in [0.05, 0.1) is 27.8 Å². The summed E-state index contributed by atoms with van der Waals surface area (Å²) in [6.07, 6.45) is 10.2. The molecule has 6 rings (SSSR count). The van der Waals surface area contributed by atoms with Gasteiger partial charge in [0.1, 0.15) is 0 Å². The maximum absolute atomic E-state index is 14.0. The van der Waals surface area contributed by atoms with Crippen molar-refractivity contribution in [3.63, 3.8) is 0 Å². The van der Waals surface area contributed by atoms with E-state index in [2.05, 4.69) is 23.0 Å². The van der Waals surface area contributed by atoms with E-state index < -0.39 is 11.9 Å².